The summed E-state index contributed by atoms with van der Waals surface area (Å²) in [6.07, 6.45) is 2.90. The molecular formula is C19H28N2O4. The number of carbonyl (C=O) groups excluding carboxylic acids is 2. The van der Waals surface area contributed by atoms with Crippen LogP contribution < -0.4 is 20.1 Å². The lowest BCUT2D eigenvalue weighted by Gasteiger charge is -2.39. The Hall–Kier alpha value is -2.24. The molecule has 2 atom stereocenters. The van der Waals surface area contributed by atoms with Gasteiger partial charge in [-0.3, -0.25) is 9.59 Å². The van der Waals surface area contributed by atoms with Crippen LogP contribution in [0.5, 0.6) is 11.5 Å². The monoisotopic (exact) mass is 348 g/mol. The highest BCUT2D eigenvalue weighted by Gasteiger charge is 2.33. The standard InChI is InChI=1S/C19H28N2O4/c1-12-8-13(11-19(2,3)10-12)20-17(22)18(23)21-15-9-14(24-4)6-7-16(15)25-5/h6-7,9,12-13H,8,10-11H2,1-5H3,(H,20,22)(H,21,23)/t12-,13+/m0/s1. The molecule has 0 aliphatic heterocycles. The first-order valence-corrected chi connectivity index (χ1v) is 8.58. The van der Waals surface area contributed by atoms with Gasteiger partial charge in [0.25, 0.3) is 0 Å². The second-order valence-corrected chi connectivity index (χ2v) is 7.60. The number of ether oxygens (including phenoxy) is 2. The van der Waals surface area contributed by atoms with Gasteiger partial charge in [0, 0.05) is 12.1 Å². The van der Waals surface area contributed by atoms with Crippen molar-refractivity contribution in [1.82, 2.24) is 5.32 Å². The van der Waals surface area contributed by atoms with E-state index in [1.165, 1.54) is 14.2 Å². The molecule has 1 fully saturated rings. The SMILES string of the molecule is COc1ccc(OC)c(NC(=O)C(=O)N[C@@H]2C[C@H](C)CC(C)(C)C2)c1. The molecule has 2 amide bonds. The van der Waals surface area contributed by atoms with Crippen molar-refractivity contribution in [2.45, 2.75) is 46.1 Å². The summed E-state index contributed by atoms with van der Waals surface area (Å²) in [6, 6.07) is 5.04. The Labute approximate surface area is 149 Å². The number of hydrogen-bond donors (Lipinski definition) is 2. The first-order chi connectivity index (χ1) is 11.7. The maximum Gasteiger partial charge on any atom is 0.313 e. The number of carbonyl (C=O) groups is 2. The summed E-state index contributed by atoms with van der Waals surface area (Å²) in [4.78, 5) is 24.6. The van der Waals surface area contributed by atoms with Gasteiger partial charge in [-0.05, 0) is 42.7 Å². The van der Waals surface area contributed by atoms with Gasteiger partial charge in [-0.15, -0.1) is 0 Å². The molecule has 0 bridgehead atoms. The zero-order valence-corrected chi connectivity index (χ0v) is 15.6. The van der Waals surface area contributed by atoms with Crippen LogP contribution in [0.15, 0.2) is 18.2 Å². The van der Waals surface area contributed by atoms with Crippen LogP contribution in [-0.4, -0.2) is 32.1 Å². The third kappa shape index (κ3) is 5.11. The van der Waals surface area contributed by atoms with E-state index in [1.54, 1.807) is 18.2 Å². The van der Waals surface area contributed by atoms with Crippen molar-refractivity contribution in [1.29, 1.82) is 0 Å². The summed E-state index contributed by atoms with van der Waals surface area (Å²) in [6.45, 7) is 6.58. The summed E-state index contributed by atoms with van der Waals surface area (Å²) < 4.78 is 10.4. The first-order valence-electron chi connectivity index (χ1n) is 8.58. The lowest BCUT2D eigenvalue weighted by atomic mass is 9.70. The van der Waals surface area contributed by atoms with E-state index in [9.17, 15) is 9.59 Å². The molecule has 6 heteroatoms. The van der Waals surface area contributed by atoms with Gasteiger partial charge in [0.15, 0.2) is 0 Å². The average molecular weight is 348 g/mol. The summed E-state index contributed by atoms with van der Waals surface area (Å²) in [5, 5.41) is 5.47. The number of benzene rings is 1. The highest BCUT2D eigenvalue weighted by atomic mass is 16.5. The van der Waals surface area contributed by atoms with Gasteiger partial charge in [0.05, 0.1) is 19.9 Å². The molecule has 2 N–H and O–H groups in total. The fourth-order valence-corrected chi connectivity index (χ4v) is 3.80. The van der Waals surface area contributed by atoms with Crippen LogP contribution in [0.2, 0.25) is 0 Å². The largest absolute Gasteiger partial charge is 0.497 e. The van der Waals surface area contributed by atoms with Gasteiger partial charge in [-0.25, -0.2) is 0 Å². The van der Waals surface area contributed by atoms with E-state index in [2.05, 4.69) is 31.4 Å². The minimum absolute atomic E-state index is 0.0178. The number of amides is 2. The molecule has 1 aromatic carbocycles. The van der Waals surface area contributed by atoms with Crippen LogP contribution in [0.25, 0.3) is 0 Å². The fourth-order valence-electron chi connectivity index (χ4n) is 3.80. The van der Waals surface area contributed by atoms with Crippen LogP contribution in [0.1, 0.15) is 40.0 Å². The Balaban J connectivity index is 2.02. The Morgan fingerprint density at radius 2 is 1.84 bits per heavy atom. The van der Waals surface area contributed by atoms with Gasteiger partial charge in [0.1, 0.15) is 11.5 Å². The quantitative estimate of drug-likeness (QED) is 0.820. The second-order valence-electron chi connectivity index (χ2n) is 7.60. The predicted molar refractivity (Wildman–Crippen MR) is 96.9 cm³/mol. The molecule has 25 heavy (non-hydrogen) atoms. The lowest BCUT2D eigenvalue weighted by molar-refractivity contribution is -0.137. The van der Waals surface area contributed by atoms with Crippen LogP contribution in [0.4, 0.5) is 5.69 Å². The molecule has 6 nitrogen and oxygen atoms in total. The van der Waals surface area contributed by atoms with Crippen molar-refractivity contribution in [3.63, 3.8) is 0 Å². The third-order valence-electron chi connectivity index (χ3n) is 4.58. The number of rotatable bonds is 4. The van der Waals surface area contributed by atoms with Crippen molar-refractivity contribution in [3.05, 3.63) is 18.2 Å². The normalized spacial score (nSPS) is 22.0. The maximum absolute atomic E-state index is 12.3. The molecule has 1 aliphatic rings. The Kier molecular flexibility index (Phi) is 5.93. The van der Waals surface area contributed by atoms with Crippen LogP contribution >= 0.6 is 0 Å². The van der Waals surface area contributed by atoms with E-state index < -0.39 is 11.8 Å². The predicted octanol–water partition coefficient (Wildman–Crippen LogP) is 2.97. The lowest BCUT2D eigenvalue weighted by Crippen LogP contribution is -2.46. The summed E-state index contributed by atoms with van der Waals surface area (Å²) >= 11 is 0. The molecule has 1 aromatic rings. The van der Waals surface area contributed by atoms with E-state index >= 15 is 0 Å². The van der Waals surface area contributed by atoms with E-state index in [4.69, 9.17) is 9.47 Å². The Bertz CT molecular complexity index is 642. The highest BCUT2D eigenvalue weighted by Crippen LogP contribution is 2.38. The molecule has 0 saturated heterocycles. The number of hydrogen-bond acceptors (Lipinski definition) is 4. The number of anilines is 1. The third-order valence-corrected chi connectivity index (χ3v) is 4.58. The summed E-state index contributed by atoms with van der Waals surface area (Å²) in [7, 11) is 3.04. The minimum Gasteiger partial charge on any atom is -0.497 e. The fraction of sp³-hybridized carbons (Fsp3) is 0.579. The maximum atomic E-state index is 12.3. The van der Waals surface area contributed by atoms with Crippen molar-refractivity contribution < 1.29 is 19.1 Å². The van der Waals surface area contributed by atoms with Gasteiger partial charge in [-0.1, -0.05) is 20.8 Å². The van der Waals surface area contributed by atoms with E-state index in [0.29, 0.717) is 23.1 Å². The van der Waals surface area contributed by atoms with Crippen molar-refractivity contribution in [3.8, 4) is 11.5 Å². The van der Waals surface area contributed by atoms with Gasteiger partial charge < -0.3 is 20.1 Å². The van der Waals surface area contributed by atoms with Crippen LogP contribution in [0.3, 0.4) is 0 Å². The molecule has 0 spiro atoms. The molecule has 0 heterocycles. The molecule has 0 aromatic heterocycles. The van der Waals surface area contributed by atoms with E-state index in [0.717, 1.165) is 19.3 Å². The molecule has 0 radical (unpaired) electrons. The molecule has 1 aliphatic carbocycles. The van der Waals surface area contributed by atoms with Crippen LogP contribution in [0, 0.1) is 11.3 Å². The molecular weight excluding hydrogens is 320 g/mol. The van der Waals surface area contributed by atoms with Crippen molar-refractivity contribution in [2.75, 3.05) is 19.5 Å². The number of methoxy groups -OCH3 is 2. The Morgan fingerprint density at radius 3 is 2.44 bits per heavy atom. The minimum atomic E-state index is -0.706. The highest BCUT2D eigenvalue weighted by molar-refractivity contribution is 6.39. The molecule has 0 unspecified atom stereocenters. The zero-order chi connectivity index (χ0) is 18.6. The van der Waals surface area contributed by atoms with Gasteiger partial charge >= 0.3 is 11.8 Å². The zero-order valence-electron chi connectivity index (χ0n) is 15.6. The first kappa shape index (κ1) is 19.1. The van der Waals surface area contributed by atoms with Gasteiger partial charge in [0.2, 0.25) is 0 Å². The van der Waals surface area contributed by atoms with Crippen molar-refractivity contribution >= 4 is 17.5 Å². The smallest absolute Gasteiger partial charge is 0.313 e. The molecule has 1 saturated carbocycles. The topological polar surface area (TPSA) is 76.7 Å². The molecule has 2 rings (SSSR count). The number of nitrogens with one attached hydrogen (secondary N) is 2. The van der Waals surface area contributed by atoms with Crippen LogP contribution in [-0.2, 0) is 9.59 Å². The second kappa shape index (κ2) is 7.76. The summed E-state index contributed by atoms with van der Waals surface area (Å²) in [5.74, 6) is 0.228. The van der Waals surface area contributed by atoms with E-state index in [1.807, 2.05) is 0 Å². The summed E-state index contributed by atoms with van der Waals surface area (Å²) in [5.41, 5.74) is 0.571. The Morgan fingerprint density at radius 1 is 1.12 bits per heavy atom. The van der Waals surface area contributed by atoms with E-state index in [-0.39, 0.29) is 11.5 Å². The average Bonchev–Trinajstić information content (AvgIpc) is 2.52. The molecule has 138 valence electrons. The van der Waals surface area contributed by atoms with Gasteiger partial charge in [-0.2, -0.15) is 0 Å². The van der Waals surface area contributed by atoms with Crippen molar-refractivity contribution in [2.24, 2.45) is 11.3 Å².